The molecule has 0 aliphatic carbocycles. The maximum atomic E-state index is 5.60. The summed E-state index contributed by atoms with van der Waals surface area (Å²) < 4.78 is 5.60. The van der Waals surface area contributed by atoms with E-state index in [2.05, 4.69) is 15.2 Å². The summed E-state index contributed by atoms with van der Waals surface area (Å²) in [5.74, 6) is 0.656. The van der Waals surface area contributed by atoms with Gasteiger partial charge in [0.15, 0.2) is 0 Å². The molecule has 0 fully saturated rings. The number of rotatable bonds is 2. The SMILES string of the molecule is Cc1n[nH]c2ccnc(OC(C)C)c12. The lowest BCUT2D eigenvalue weighted by Crippen LogP contribution is -2.07. The van der Waals surface area contributed by atoms with Gasteiger partial charge in [0.1, 0.15) is 0 Å². The van der Waals surface area contributed by atoms with E-state index in [4.69, 9.17) is 4.74 Å². The highest BCUT2D eigenvalue weighted by Gasteiger charge is 2.10. The van der Waals surface area contributed by atoms with Gasteiger partial charge in [-0.1, -0.05) is 0 Å². The van der Waals surface area contributed by atoms with Gasteiger partial charge in [-0.2, -0.15) is 5.10 Å². The second-order valence-corrected chi connectivity index (χ2v) is 3.51. The molecule has 74 valence electrons. The van der Waals surface area contributed by atoms with Gasteiger partial charge in [-0.05, 0) is 26.8 Å². The maximum absolute atomic E-state index is 5.60. The molecule has 1 N–H and O–H groups in total. The average Bonchev–Trinajstić information content (AvgIpc) is 2.48. The Hall–Kier alpha value is -1.58. The Morgan fingerprint density at radius 3 is 2.93 bits per heavy atom. The Morgan fingerprint density at radius 2 is 2.21 bits per heavy atom. The summed E-state index contributed by atoms with van der Waals surface area (Å²) in [6, 6.07) is 1.89. The minimum atomic E-state index is 0.127. The van der Waals surface area contributed by atoms with Crippen LogP contribution in [0.4, 0.5) is 0 Å². The van der Waals surface area contributed by atoms with E-state index >= 15 is 0 Å². The van der Waals surface area contributed by atoms with E-state index in [-0.39, 0.29) is 6.10 Å². The van der Waals surface area contributed by atoms with Crippen molar-refractivity contribution in [3.63, 3.8) is 0 Å². The number of hydrogen-bond donors (Lipinski definition) is 1. The predicted octanol–water partition coefficient (Wildman–Crippen LogP) is 2.05. The topological polar surface area (TPSA) is 50.8 Å². The Morgan fingerprint density at radius 1 is 1.43 bits per heavy atom. The molecular weight excluding hydrogens is 178 g/mol. The third-order valence-corrected chi connectivity index (χ3v) is 1.97. The number of aryl methyl sites for hydroxylation is 1. The number of nitrogens with zero attached hydrogens (tertiary/aromatic N) is 2. The molecule has 4 nitrogen and oxygen atoms in total. The second kappa shape index (κ2) is 3.29. The van der Waals surface area contributed by atoms with Crippen molar-refractivity contribution in [3.8, 4) is 5.88 Å². The van der Waals surface area contributed by atoms with Gasteiger partial charge in [0.05, 0.1) is 22.7 Å². The van der Waals surface area contributed by atoms with Crippen LogP contribution in [0.1, 0.15) is 19.5 Å². The van der Waals surface area contributed by atoms with E-state index in [0.29, 0.717) is 5.88 Å². The van der Waals surface area contributed by atoms with E-state index in [1.54, 1.807) is 6.20 Å². The lowest BCUT2D eigenvalue weighted by Gasteiger charge is -2.08. The molecule has 0 saturated heterocycles. The van der Waals surface area contributed by atoms with Crippen molar-refractivity contribution < 1.29 is 4.74 Å². The first-order valence-corrected chi connectivity index (χ1v) is 4.65. The van der Waals surface area contributed by atoms with Crippen LogP contribution in [0.25, 0.3) is 10.9 Å². The minimum absolute atomic E-state index is 0.127. The highest BCUT2D eigenvalue weighted by molar-refractivity contribution is 5.85. The van der Waals surface area contributed by atoms with Gasteiger partial charge in [-0.25, -0.2) is 4.98 Å². The summed E-state index contributed by atoms with van der Waals surface area (Å²) in [6.45, 7) is 5.90. The third-order valence-electron chi connectivity index (χ3n) is 1.97. The minimum Gasteiger partial charge on any atom is -0.474 e. The van der Waals surface area contributed by atoms with Gasteiger partial charge in [-0.15, -0.1) is 0 Å². The van der Waals surface area contributed by atoms with Gasteiger partial charge in [0, 0.05) is 6.20 Å². The first kappa shape index (κ1) is 8.99. The molecule has 0 unspecified atom stereocenters. The zero-order chi connectivity index (χ0) is 10.1. The molecule has 4 heteroatoms. The summed E-state index contributed by atoms with van der Waals surface area (Å²) in [4.78, 5) is 4.20. The molecule has 0 spiro atoms. The fourth-order valence-electron chi connectivity index (χ4n) is 1.40. The summed E-state index contributed by atoms with van der Waals surface area (Å²) in [5, 5.41) is 8.02. The number of fused-ring (bicyclic) bond motifs is 1. The monoisotopic (exact) mass is 191 g/mol. The zero-order valence-corrected chi connectivity index (χ0v) is 8.53. The van der Waals surface area contributed by atoms with Crippen molar-refractivity contribution in [2.24, 2.45) is 0 Å². The summed E-state index contributed by atoms with van der Waals surface area (Å²) in [6.07, 6.45) is 1.85. The molecule has 2 aromatic rings. The first-order valence-electron chi connectivity index (χ1n) is 4.65. The van der Waals surface area contributed by atoms with Crippen molar-refractivity contribution >= 4 is 10.9 Å². The molecule has 2 heterocycles. The van der Waals surface area contributed by atoms with Crippen molar-refractivity contribution in [1.29, 1.82) is 0 Å². The van der Waals surface area contributed by atoms with Gasteiger partial charge in [0.25, 0.3) is 0 Å². The van der Waals surface area contributed by atoms with Crippen LogP contribution >= 0.6 is 0 Å². The molecule has 2 rings (SSSR count). The molecule has 0 aliphatic rings. The molecular formula is C10H13N3O. The predicted molar refractivity (Wildman–Crippen MR) is 54.4 cm³/mol. The van der Waals surface area contributed by atoms with Gasteiger partial charge in [0.2, 0.25) is 5.88 Å². The number of aromatic nitrogens is 3. The fraction of sp³-hybridized carbons (Fsp3) is 0.400. The van der Waals surface area contributed by atoms with Crippen LogP contribution in [-0.4, -0.2) is 21.3 Å². The Kier molecular flexibility index (Phi) is 2.11. The van der Waals surface area contributed by atoms with Crippen LogP contribution < -0.4 is 4.74 Å². The van der Waals surface area contributed by atoms with Crippen LogP contribution in [-0.2, 0) is 0 Å². The summed E-state index contributed by atoms with van der Waals surface area (Å²) in [5.41, 5.74) is 1.89. The maximum Gasteiger partial charge on any atom is 0.225 e. The fourth-order valence-corrected chi connectivity index (χ4v) is 1.40. The van der Waals surface area contributed by atoms with E-state index in [9.17, 15) is 0 Å². The van der Waals surface area contributed by atoms with Crippen molar-refractivity contribution in [2.45, 2.75) is 26.9 Å². The number of nitrogens with one attached hydrogen (secondary N) is 1. The van der Waals surface area contributed by atoms with Gasteiger partial charge < -0.3 is 4.74 Å². The number of hydrogen-bond acceptors (Lipinski definition) is 3. The van der Waals surface area contributed by atoms with Gasteiger partial charge in [-0.3, -0.25) is 5.10 Å². The quantitative estimate of drug-likeness (QED) is 0.790. The number of pyridine rings is 1. The van der Waals surface area contributed by atoms with Gasteiger partial charge >= 0.3 is 0 Å². The van der Waals surface area contributed by atoms with Crippen molar-refractivity contribution in [2.75, 3.05) is 0 Å². The summed E-state index contributed by atoms with van der Waals surface area (Å²) >= 11 is 0. The molecule has 0 saturated carbocycles. The largest absolute Gasteiger partial charge is 0.474 e. The molecule has 0 aliphatic heterocycles. The van der Waals surface area contributed by atoms with Crippen LogP contribution in [0.15, 0.2) is 12.3 Å². The van der Waals surface area contributed by atoms with Crippen LogP contribution in [0.3, 0.4) is 0 Å². The van der Waals surface area contributed by atoms with Crippen LogP contribution in [0.5, 0.6) is 5.88 Å². The highest BCUT2D eigenvalue weighted by Crippen LogP contribution is 2.24. The molecule has 14 heavy (non-hydrogen) atoms. The lowest BCUT2D eigenvalue weighted by molar-refractivity contribution is 0.236. The highest BCUT2D eigenvalue weighted by atomic mass is 16.5. The van der Waals surface area contributed by atoms with E-state index < -0.39 is 0 Å². The van der Waals surface area contributed by atoms with Crippen molar-refractivity contribution in [3.05, 3.63) is 18.0 Å². The lowest BCUT2D eigenvalue weighted by atomic mass is 10.2. The van der Waals surface area contributed by atoms with E-state index in [1.807, 2.05) is 26.8 Å². The summed E-state index contributed by atoms with van der Waals surface area (Å²) in [7, 11) is 0. The Labute approximate surface area is 82.3 Å². The van der Waals surface area contributed by atoms with E-state index in [0.717, 1.165) is 16.6 Å². The first-order chi connectivity index (χ1) is 6.68. The molecule has 0 bridgehead atoms. The second-order valence-electron chi connectivity index (χ2n) is 3.51. The Bertz CT molecular complexity index is 448. The number of ether oxygens (including phenoxy) is 1. The molecule has 0 radical (unpaired) electrons. The average molecular weight is 191 g/mol. The zero-order valence-electron chi connectivity index (χ0n) is 8.53. The number of aromatic amines is 1. The molecule has 0 amide bonds. The third kappa shape index (κ3) is 1.43. The van der Waals surface area contributed by atoms with Crippen LogP contribution in [0, 0.1) is 6.92 Å². The van der Waals surface area contributed by atoms with Crippen LogP contribution in [0.2, 0.25) is 0 Å². The molecule has 0 atom stereocenters. The van der Waals surface area contributed by atoms with E-state index in [1.165, 1.54) is 0 Å². The normalized spacial score (nSPS) is 11.1. The standard InChI is InChI=1S/C10H13N3O/c1-6(2)14-10-9-7(3)12-13-8(9)4-5-11-10/h4-6H,1-3H3,(H,12,13). The smallest absolute Gasteiger partial charge is 0.225 e. The number of H-pyrrole nitrogens is 1. The molecule has 2 aromatic heterocycles. The molecule has 0 aromatic carbocycles. The Balaban J connectivity index is 2.57. The van der Waals surface area contributed by atoms with Crippen molar-refractivity contribution in [1.82, 2.24) is 15.2 Å².